The van der Waals surface area contributed by atoms with E-state index in [2.05, 4.69) is 0 Å². The molecular weight excluding hydrogens is 356 g/mol. The van der Waals surface area contributed by atoms with Gasteiger partial charge < -0.3 is 14.9 Å². The summed E-state index contributed by atoms with van der Waals surface area (Å²) >= 11 is 0. The van der Waals surface area contributed by atoms with Gasteiger partial charge in [0.2, 0.25) is 0 Å². The molecule has 2 aromatic carbocycles. The molecule has 0 fully saturated rings. The van der Waals surface area contributed by atoms with E-state index < -0.39 is 5.92 Å². The average molecular weight is 384 g/mol. The molecule has 0 saturated heterocycles. The van der Waals surface area contributed by atoms with Crippen molar-refractivity contribution in [2.75, 3.05) is 6.61 Å². The SMILES string of the molecule is CCOC(=O)C(CC(=O)CCC(C)c1ccc(O)cc1O)Cc1ccccc1. The molecule has 28 heavy (non-hydrogen) atoms. The minimum absolute atomic E-state index is 0.000831. The Hall–Kier alpha value is -2.82. The Bertz CT molecular complexity index is 785. The van der Waals surface area contributed by atoms with Gasteiger partial charge in [-0.15, -0.1) is 0 Å². The molecule has 2 unspecified atom stereocenters. The Morgan fingerprint density at radius 3 is 2.43 bits per heavy atom. The summed E-state index contributed by atoms with van der Waals surface area (Å²) in [5.41, 5.74) is 1.69. The normalized spacial score (nSPS) is 12.9. The van der Waals surface area contributed by atoms with Crippen molar-refractivity contribution in [1.29, 1.82) is 0 Å². The Morgan fingerprint density at radius 2 is 1.79 bits per heavy atom. The van der Waals surface area contributed by atoms with Gasteiger partial charge in [0.15, 0.2) is 0 Å². The number of phenols is 2. The van der Waals surface area contributed by atoms with Crippen LogP contribution in [0.3, 0.4) is 0 Å². The van der Waals surface area contributed by atoms with Gasteiger partial charge in [-0.25, -0.2) is 0 Å². The highest BCUT2D eigenvalue weighted by atomic mass is 16.5. The molecule has 2 N–H and O–H groups in total. The second kappa shape index (κ2) is 10.5. The Balaban J connectivity index is 1.95. The van der Waals surface area contributed by atoms with E-state index in [4.69, 9.17) is 4.74 Å². The van der Waals surface area contributed by atoms with Gasteiger partial charge in [-0.2, -0.15) is 0 Å². The van der Waals surface area contributed by atoms with E-state index in [9.17, 15) is 19.8 Å². The van der Waals surface area contributed by atoms with Crippen molar-refractivity contribution in [3.8, 4) is 11.5 Å². The van der Waals surface area contributed by atoms with E-state index in [0.29, 0.717) is 24.8 Å². The number of Topliss-reactive ketones (excluding diaryl/α,β-unsaturated/α-hetero) is 1. The summed E-state index contributed by atoms with van der Waals surface area (Å²) in [4.78, 5) is 24.8. The third kappa shape index (κ3) is 6.41. The number of benzene rings is 2. The van der Waals surface area contributed by atoms with Gasteiger partial charge in [0.25, 0.3) is 0 Å². The number of hydrogen-bond acceptors (Lipinski definition) is 5. The minimum Gasteiger partial charge on any atom is -0.508 e. The van der Waals surface area contributed by atoms with Crippen molar-refractivity contribution < 1.29 is 24.5 Å². The highest BCUT2D eigenvalue weighted by Gasteiger charge is 2.24. The van der Waals surface area contributed by atoms with Crippen molar-refractivity contribution >= 4 is 11.8 Å². The van der Waals surface area contributed by atoms with Crippen molar-refractivity contribution in [1.82, 2.24) is 0 Å². The maximum Gasteiger partial charge on any atom is 0.309 e. The standard InChI is InChI=1S/C23H28O5/c1-3-28-23(27)18(13-17-7-5-4-6-8-17)14-19(24)10-9-16(2)21-12-11-20(25)15-22(21)26/h4-8,11-12,15-16,18,25-26H,3,9-10,13-14H2,1-2H3. The molecule has 0 aromatic heterocycles. The van der Waals surface area contributed by atoms with Crippen molar-refractivity contribution in [3.63, 3.8) is 0 Å². The lowest BCUT2D eigenvalue weighted by Gasteiger charge is -2.16. The van der Waals surface area contributed by atoms with Crippen LogP contribution in [0, 0.1) is 5.92 Å². The van der Waals surface area contributed by atoms with Crippen LogP contribution >= 0.6 is 0 Å². The van der Waals surface area contributed by atoms with Crippen molar-refractivity contribution in [2.45, 2.75) is 45.4 Å². The Kier molecular flexibility index (Phi) is 8.05. The van der Waals surface area contributed by atoms with Crippen LogP contribution in [0.15, 0.2) is 48.5 Å². The number of carbonyl (C=O) groups excluding carboxylic acids is 2. The summed E-state index contributed by atoms with van der Waals surface area (Å²) in [5, 5.41) is 19.4. The molecule has 0 heterocycles. The summed E-state index contributed by atoms with van der Waals surface area (Å²) in [6.45, 7) is 3.97. The van der Waals surface area contributed by atoms with E-state index in [1.807, 2.05) is 37.3 Å². The van der Waals surface area contributed by atoms with Crippen LogP contribution in [-0.4, -0.2) is 28.6 Å². The highest BCUT2D eigenvalue weighted by molar-refractivity contribution is 5.84. The smallest absolute Gasteiger partial charge is 0.309 e. The fourth-order valence-corrected chi connectivity index (χ4v) is 3.26. The molecule has 0 amide bonds. The van der Waals surface area contributed by atoms with E-state index in [1.165, 1.54) is 12.1 Å². The quantitative estimate of drug-likeness (QED) is 0.595. The van der Waals surface area contributed by atoms with Crippen LogP contribution < -0.4 is 0 Å². The van der Waals surface area contributed by atoms with Gasteiger partial charge in [0, 0.05) is 18.9 Å². The topological polar surface area (TPSA) is 83.8 Å². The number of ketones is 1. The second-order valence-electron chi connectivity index (χ2n) is 7.06. The molecule has 2 atom stereocenters. The molecule has 0 saturated carbocycles. The lowest BCUT2D eigenvalue weighted by molar-refractivity contribution is -0.149. The number of rotatable bonds is 10. The molecular formula is C23H28O5. The lowest BCUT2D eigenvalue weighted by Crippen LogP contribution is -2.23. The number of carbonyl (C=O) groups is 2. The third-order valence-electron chi connectivity index (χ3n) is 4.82. The predicted octanol–water partition coefficient (Wildman–Crippen LogP) is 4.36. The van der Waals surface area contributed by atoms with Crippen LogP contribution in [0.4, 0.5) is 0 Å². The molecule has 0 bridgehead atoms. The molecule has 150 valence electrons. The first-order valence-electron chi connectivity index (χ1n) is 9.64. The maximum absolute atomic E-state index is 12.5. The van der Waals surface area contributed by atoms with Gasteiger partial charge in [0.1, 0.15) is 17.3 Å². The molecule has 2 aromatic rings. The predicted molar refractivity (Wildman–Crippen MR) is 107 cm³/mol. The summed E-state index contributed by atoms with van der Waals surface area (Å²) in [7, 11) is 0. The number of ether oxygens (including phenoxy) is 1. The Labute approximate surface area is 166 Å². The lowest BCUT2D eigenvalue weighted by atomic mass is 9.90. The summed E-state index contributed by atoms with van der Waals surface area (Å²) in [5.74, 6) is -0.855. The van der Waals surface area contributed by atoms with Crippen LogP contribution in [0.1, 0.15) is 50.2 Å². The molecule has 5 heteroatoms. The second-order valence-corrected chi connectivity index (χ2v) is 7.06. The number of phenolic OH excluding ortho intramolecular Hbond substituents is 2. The van der Waals surface area contributed by atoms with Crippen LogP contribution in [0.2, 0.25) is 0 Å². The summed E-state index contributed by atoms with van der Waals surface area (Å²) in [6.07, 6.45) is 1.48. The molecule has 0 aliphatic carbocycles. The first-order valence-corrected chi connectivity index (χ1v) is 9.64. The fourth-order valence-electron chi connectivity index (χ4n) is 3.26. The zero-order valence-electron chi connectivity index (χ0n) is 16.4. The fraction of sp³-hybridized carbons (Fsp3) is 0.391. The zero-order chi connectivity index (χ0) is 20.5. The minimum atomic E-state index is -0.493. The van der Waals surface area contributed by atoms with E-state index in [-0.39, 0.29) is 42.2 Å². The van der Waals surface area contributed by atoms with Gasteiger partial charge in [-0.3, -0.25) is 9.59 Å². The summed E-state index contributed by atoms with van der Waals surface area (Å²) in [6, 6.07) is 14.1. The highest BCUT2D eigenvalue weighted by Crippen LogP contribution is 2.31. The number of hydrogen-bond donors (Lipinski definition) is 2. The van der Waals surface area contributed by atoms with E-state index >= 15 is 0 Å². The van der Waals surface area contributed by atoms with Gasteiger partial charge in [-0.1, -0.05) is 43.3 Å². The third-order valence-corrected chi connectivity index (χ3v) is 4.82. The largest absolute Gasteiger partial charge is 0.508 e. The van der Waals surface area contributed by atoms with E-state index in [0.717, 1.165) is 5.56 Å². The number of esters is 1. The van der Waals surface area contributed by atoms with Gasteiger partial charge in [-0.05, 0) is 42.9 Å². The van der Waals surface area contributed by atoms with Gasteiger partial charge >= 0.3 is 5.97 Å². The van der Waals surface area contributed by atoms with Crippen LogP contribution in [0.25, 0.3) is 0 Å². The summed E-state index contributed by atoms with van der Waals surface area (Å²) < 4.78 is 5.15. The first kappa shape index (κ1) is 21.5. The van der Waals surface area contributed by atoms with Crippen molar-refractivity contribution in [2.24, 2.45) is 5.92 Å². The molecule has 0 aliphatic heterocycles. The van der Waals surface area contributed by atoms with Crippen LogP contribution in [0.5, 0.6) is 11.5 Å². The molecule has 0 radical (unpaired) electrons. The molecule has 5 nitrogen and oxygen atoms in total. The van der Waals surface area contributed by atoms with E-state index in [1.54, 1.807) is 13.0 Å². The Morgan fingerprint density at radius 1 is 1.07 bits per heavy atom. The number of aromatic hydroxyl groups is 2. The average Bonchev–Trinajstić information content (AvgIpc) is 2.66. The molecule has 0 spiro atoms. The molecule has 2 rings (SSSR count). The van der Waals surface area contributed by atoms with Gasteiger partial charge in [0.05, 0.1) is 12.5 Å². The maximum atomic E-state index is 12.5. The van der Waals surface area contributed by atoms with Crippen molar-refractivity contribution in [3.05, 3.63) is 59.7 Å². The first-order chi connectivity index (χ1) is 13.4. The monoisotopic (exact) mass is 384 g/mol. The van der Waals surface area contributed by atoms with Crippen LogP contribution in [-0.2, 0) is 20.7 Å². The zero-order valence-corrected chi connectivity index (χ0v) is 16.4. The molecule has 0 aliphatic rings.